The van der Waals surface area contributed by atoms with Gasteiger partial charge < -0.3 is 4.74 Å². The van der Waals surface area contributed by atoms with Gasteiger partial charge in [0.1, 0.15) is 5.75 Å². The molecule has 28 heavy (non-hydrogen) atoms. The zero-order valence-electron chi connectivity index (χ0n) is 15.8. The number of ether oxygens (including phenoxy) is 1. The second-order valence-electron chi connectivity index (χ2n) is 6.61. The van der Waals surface area contributed by atoms with E-state index in [9.17, 15) is 4.79 Å². The van der Waals surface area contributed by atoms with Crippen LogP contribution in [-0.4, -0.2) is 17.5 Å². The second-order valence-corrected chi connectivity index (χ2v) is 9.59. The van der Waals surface area contributed by atoms with Crippen LogP contribution in [0.3, 0.4) is 0 Å². The van der Waals surface area contributed by atoms with Gasteiger partial charge in [-0.1, -0.05) is 48.0 Å². The van der Waals surface area contributed by atoms with Gasteiger partial charge in [0.15, 0.2) is 11.7 Å². The number of aromatic nitrogens is 1. The molecule has 2 aromatic carbocycles. The van der Waals surface area contributed by atoms with Crippen LogP contribution in [0.15, 0.2) is 51.4 Å². The summed E-state index contributed by atoms with van der Waals surface area (Å²) in [6.07, 6.45) is 0. The molecule has 3 rings (SSSR count). The lowest BCUT2D eigenvalue weighted by Gasteiger charge is -2.11. The lowest BCUT2D eigenvalue weighted by atomic mass is 10.0. The lowest BCUT2D eigenvalue weighted by molar-refractivity contribution is -0.118. The van der Waals surface area contributed by atoms with Gasteiger partial charge in [-0.2, -0.15) is 0 Å². The van der Waals surface area contributed by atoms with E-state index in [1.165, 1.54) is 16.9 Å². The molecule has 7 heteroatoms. The van der Waals surface area contributed by atoms with E-state index in [1.54, 1.807) is 0 Å². The molecular weight excluding hydrogens is 504 g/mol. The Labute approximate surface area is 185 Å². The van der Waals surface area contributed by atoms with Crippen molar-refractivity contribution in [2.75, 3.05) is 11.9 Å². The normalized spacial score (nSPS) is 10.9. The SMILES string of the molecule is Cc1sc(NC(=O)COc2ccc(C(C)C)cc2Br)nc1-c1ccc(Br)cc1. The van der Waals surface area contributed by atoms with Crippen molar-refractivity contribution in [2.24, 2.45) is 0 Å². The molecule has 0 spiro atoms. The van der Waals surface area contributed by atoms with Gasteiger partial charge in [-0.05, 0) is 58.6 Å². The zero-order valence-corrected chi connectivity index (χ0v) is 19.7. The molecule has 0 aliphatic rings. The molecule has 0 aliphatic carbocycles. The Hall–Kier alpha value is -1.70. The zero-order chi connectivity index (χ0) is 20.3. The third kappa shape index (κ3) is 5.21. The highest BCUT2D eigenvalue weighted by Crippen LogP contribution is 2.31. The molecule has 4 nitrogen and oxygen atoms in total. The predicted octanol–water partition coefficient (Wildman–Crippen LogP) is 6.78. The highest BCUT2D eigenvalue weighted by atomic mass is 79.9. The van der Waals surface area contributed by atoms with E-state index in [1.807, 2.05) is 49.4 Å². The fourth-order valence-electron chi connectivity index (χ4n) is 2.62. The number of amides is 1. The number of benzene rings is 2. The van der Waals surface area contributed by atoms with Crippen LogP contribution in [0, 0.1) is 6.92 Å². The lowest BCUT2D eigenvalue weighted by Crippen LogP contribution is -2.20. The average Bonchev–Trinajstić information content (AvgIpc) is 3.01. The van der Waals surface area contributed by atoms with Crippen molar-refractivity contribution in [3.8, 4) is 17.0 Å². The summed E-state index contributed by atoms with van der Waals surface area (Å²) in [5.74, 6) is 0.836. The van der Waals surface area contributed by atoms with E-state index in [-0.39, 0.29) is 12.5 Å². The summed E-state index contributed by atoms with van der Waals surface area (Å²) < 4.78 is 7.51. The Morgan fingerprint density at radius 2 is 1.89 bits per heavy atom. The van der Waals surface area contributed by atoms with Gasteiger partial charge in [-0.15, -0.1) is 11.3 Å². The molecule has 146 valence electrons. The highest BCUT2D eigenvalue weighted by Gasteiger charge is 2.13. The molecule has 0 aliphatic heterocycles. The fourth-order valence-corrected chi connectivity index (χ4v) is 4.24. The van der Waals surface area contributed by atoms with E-state index in [0.717, 1.165) is 25.1 Å². The maximum absolute atomic E-state index is 12.3. The summed E-state index contributed by atoms with van der Waals surface area (Å²) in [5.41, 5.74) is 3.10. The Morgan fingerprint density at radius 3 is 2.54 bits per heavy atom. The average molecular weight is 524 g/mol. The monoisotopic (exact) mass is 522 g/mol. The first-order valence-corrected chi connectivity index (χ1v) is 11.2. The molecule has 3 aromatic rings. The fraction of sp³-hybridized carbons (Fsp3) is 0.238. The maximum atomic E-state index is 12.3. The van der Waals surface area contributed by atoms with Crippen LogP contribution in [0.5, 0.6) is 5.75 Å². The van der Waals surface area contributed by atoms with Crippen molar-refractivity contribution < 1.29 is 9.53 Å². The number of aryl methyl sites for hydroxylation is 1. The minimum Gasteiger partial charge on any atom is -0.483 e. The van der Waals surface area contributed by atoms with Crippen LogP contribution in [0.2, 0.25) is 0 Å². The van der Waals surface area contributed by atoms with Gasteiger partial charge in [-0.25, -0.2) is 4.98 Å². The van der Waals surface area contributed by atoms with E-state index in [2.05, 4.69) is 56.0 Å². The Morgan fingerprint density at radius 1 is 1.18 bits per heavy atom. The first kappa shape index (κ1) is 21.0. The third-order valence-corrected chi connectivity index (χ3v) is 6.18. The summed E-state index contributed by atoms with van der Waals surface area (Å²) in [6.45, 7) is 6.18. The molecular formula is C21H20Br2N2O2S. The summed E-state index contributed by atoms with van der Waals surface area (Å²) >= 11 is 8.39. The standard InChI is InChI=1S/C21H20Br2N2O2S/c1-12(2)15-6-9-18(17(23)10-15)27-11-19(26)24-21-25-20(13(3)28-21)14-4-7-16(22)8-5-14/h4-10,12H,11H2,1-3H3,(H,24,25,26). The van der Waals surface area contributed by atoms with Crippen molar-refractivity contribution in [1.29, 1.82) is 0 Å². The van der Waals surface area contributed by atoms with Crippen molar-refractivity contribution >= 4 is 54.2 Å². The number of halogens is 2. The van der Waals surface area contributed by atoms with E-state index in [4.69, 9.17) is 4.74 Å². The van der Waals surface area contributed by atoms with Crippen LogP contribution in [-0.2, 0) is 4.79 Å². The molecule has 1 N–H and O–H groups in total. The number of anilines is 1. The van der Waals surface area contributed by atoms with Crippen molar-refractivity contribution in [3.05, 3.63) is 61.9 Å². The number of rotatable bonds is 6. The molecule has 0 saturated heterocycles. The molecule has 0 unspecified atom stereocenters. The van der Waals surface area contributed by atoms with Crippen molar-refractivity contribution in [2.45, 2.75) is 26.7 Å². The number of nitrogens with zero attached hydrogens (tertiary/aromatic N) is 1. The topological polar surface area (TPSA) is 51.2 Å². The van der Waals surface area contributed by atoms with Crippen LogP contribution >= 0.6 is 43.2 Å². The molecule has 0 atom stereocenters. The van der Waals surface area contributed by atoms with Crippen LogP contribution in [0.4, 0.5) is 5.13 Å². The Kier molecular flexibility index (Phi) is 6.91. The number of nitrogens with one attached hydrogen (secondary N) is 1. The van der Waals surface area contributed by atoms with Crippen LogP contribution < -0.4 is 10.1 Å². The minimum absolute atomic E-state index is 0.0775. The Bertz CT molecular complexity index is 985. The van der Waals surface area contributed by atoms with Crippen molar-refractivity contribution in [3.63, 3.8) is 0 Å². The van der Waals surface area contributed by atoms with Gasteiger partial charge >= 0.3 is 0 Å². The van der Waals surface area contributed by atoms with Gasteiger partial charge in [0.05, 0.1) is 10.2 Å². The van der Waals surface area contributed by atoms with Gasteiger partial charge in [0.25, 0.3) is 5.91 Å². The molecule has 1 heterocycles. The van der Waals surface area contributed by atoms with Crippen molar-refractivity contribution in [1.82, 2.24) is 4.98 Å². The molecule has 0 fully saturated rings. The number of carbonyl (C=O) groups excluding carboxylic acids is 1. The minimum atomic E-state index is -0.240. The quantitative estimate of drug-likeness (QED) is 0.387. The third-order valence-electron chi connectivity index (χ3n) is 4.14. The summed E-state index contributed by atoms with van der Waals surface area (Å²) in [6, 6.07) is 13.9. The number of hydrogen-bond donors (Lipinski definition) is 1. The predicted molar refractivity (Wildman–Crippen MR) is 122 cm³/mol. The molecule has 0 bridgehead atoms. The van der Waals surface area contributed by atoms with Gasteiger partial charge in [-0.3, -0.25) is 10.1 Å². The first-order valence-electron chi connectivity index (χ1n) is 8.79. The van der Waals surface area contributed by atoms with Gasteiger partial charge in [0, 0.05) is 14.9 Å². The van der Waals surface area contributed by atoms with E-state index >= 15 is 0 Å². The van der Waals surface area contributed by atoms with Crippen LogP contribution in [0.1, 0.15) is 30.2 Å². The van der Waals surface area contributed by atoms with Crippen LogP contribution in [0.25, 0.3) is 11.3 Å². The Balaban J connectivity index is 1.62. The molecule has 0 radical (unpaired) electrons. The molecule has 1 aromatic heterocycles. The second kappa shape index (κ2) is 9.20. The first-order chi connectivity index (χ1) is 13.3. The number of carbonyl (C=O) groups is 1. The molecule has 1 amide bonds. The number of thiazole rings is 1. The van der Waals surface area contributed by atoms with E-state index < -0.39 is 0 Å². The van der Waals surface area contributed by atoms with E-state index in [0.29, 0.717) is 16.8 Å². The summed E-state index contributed by atoms with van der Waals surface area (Å²) in [7, 11) is 0. The highest BCUT2D eigenvalue weighted by molar-refractivity contribution is 9.10. The smallest absolute Gasteiger partial charge is 0.264 e. The molecule has 0 saturated carbocycles. The largest absolute Gasteiger partial charge is 0.483 e. The van der Waals surface area contributed by atoms with Gasteiger partial charge in [0.2, 0.25) is 0 Å². The summed E-state index contributed by atoms with van der Waals surface area (Å²) in [5, 5.41) is 3.39. The number of hydrogen-bond acceptors (Lipinski definition) is 4. The summed E-state index contributed by atoms with van der Waals surface area (Å²) in [4.78, 5) is 17.9. The maximum Gasteiger partial charge on any atom is 0.264 e.